The summed E-state index contributed by atoms with van der Waals surface area (Å²) in [7, 11) is 0. The zero-order valence-electron chi connectivity index (χ0n) is 32.0. The van der Waals surface area contributed by atoms with Gasteiger partial charge < -0.3 is 9.80 Å². The van der Waals surface area contributed by atoms with Crippen molar-refractivity contribution >= 4 is 50.0 Å². The van der Waals surface area contributed by atoms with E-state index in [1.54, 1.807) is 0 Å². The van der Waals surface area contributed by atoms with Crippen molar-refractivity contribution in [2.75, 3.05) is 9.80 Å². The fourth-order valence-corrected chi connectivity index (χ4v) is 9.18. The van der Waals surface area contributed by atoms with Gasteiger partial charge in [0.2, 0.25) is 0 Å². The molecule has 0 spiro atoms. The van der Waals surface area contributed by atoms with Crippen LogP contribution in [-0.4, -0.2) is 6.04 Å². The van der Waals surface area contributed by atoms with Gasteiger partial charge in [-0.3, -0.25) is 0 Å². The lowest BCUT2D eigenvalue weighted by atomic mass is 9.91. The molecule has 0 amide bonds. The van der Waals surface area contributed by atoms with Gasteiger partial charge in [0.25, 0.3) is 0 Å². The van der Waals surface area contributed by atoms with Crippen LogP contribution in [0.4, 0.5) is 28.4 Å². The van der Waals surface area contributed by atoms with Gasteiger partial charge >= 0.3 is 0 Å². The molecule has 1 heterocycles. The van der Waals surface area contributed by atoms with Crippen molar-refractivity contribution in [2.45, 2.75) is 12.0 Å². The van der Waals surface area contributed by atoms with Crippen LogP contribution in [0.5, 0.6) is 0 Å². The summed E-state index contributed by atoms with van der Waals surface area (Å²) in [5.41, 5.74) is 14.5. The van der Waals surface area contributed by atoms with Crippen LogP contribution in [0.3, 0.4) is 0 Å². The minimum Gasteiger partial charge on any atom is -0.333 e. The molecule has 9 aromatic carbocycles. The highest BCUT2D eigenvalue weighted by Crippen LogP contribution is 2.48. The van der Waals surface area contributed by atoms with Crippen LogP contribution >= 0.6 is 0 Å². The van der Waals surface area contributed by atoms with Gasteiger partial charge in [0.05, 0.1) is 11.7 Å². The van der Waals surface area contributed by atoms with Gasteiger partial charge in [0.15, 0.2) is 0 Å². The van der Waals surface area contributed by atoms with E-state index in [0.717, 1.165) is 17.1 Å². The molecule has 2 unspecified atom stereocenters. The summed E-state index contributed by atoms with van der Waals surface area (Å²) < 4.78 is 0. The number of hydrogen-bond acceptors (Lipinski definition) is 2. The Morgan fingerprint density at radius 3 is 1.90 bits per heavy atom. The van der Waals surface area contributed by atoms with E-state index in [0.29, 0.717) is 5.92 Å². The molecule has 0 N–H and O–H groups in total. The second-order valence-corrected chi connectivity index (χ2v) is 15.3. The molecule has 0 aromatic heterocycles. The molecule has 11 rings (SSSR count). The van der Waals surface area contributed by atoms with Crippen molar-refractivity contribution in [3.8, 4) is 33.4 Å². The molecule has 2 aliphatic rings. The zero-order chi connectivity index (χ0) is 38.4. The molecule has 2 atom stereocenters. The Morgan fingerprint density at radius 1 is 0.397 bits per heavy atom. The predicted molar refractivity (Wildman–Crippen MR) is 246 cm³/mol. The fourth-order valence-electron chi connectivity index (χ4n) is 9.18. The first-order chi connectivity index (χ1) is 28.8. The third kappa shape index (κ3) is 5.90. The number of hydrogen-bond donors (Lipinski definition) is 0. The molecular formula is C56H40N2. The van der Waals surface area contributed by atoms with E-state index in [1.165, 1.54) is 71.9 Å². The Labute approximate surface area is 339 Å². The van der Waals surface area contributed by atoms with Crippen molar-refractivity contribution in [2.24, 2.45) is 0 Å². The standard InChI is InChI=1S/C56H40N2/c1-2-13-39(14-3-1)44-17-12-18-48(38-44)57(56-36-35-49(50-19-6-7-20-51(50)56)45-26-25-40-15-4-5-16-43(40)37-45)46-31-27-41(28-32-46)42-29-33-47(34-30-42)58-54-23-10-8-21-52(54)53-22-9-11-24-55(53)58/h1-38,52,54H. The van der Waals surface area contributed by atoms with E-state index >= 15 is 0 Å². The van der Waals surface area contributed by atoms with E-state index in [9.17, 15) is 0 Å². The quantitative estimate of drug-likeness (QED) is 0.161. The average Bonchev–Trinajstić information content (AvgIpc) is 3.64. The Hall–Kier alpha value is -7.42. The van der Waals surface area contributed by atoms with E-state index in [-0.39, 0.29) is 6.04 Å². The van der Waals surface area contributed by atoms with Crippen molar-refractivity contribution in [3.63, 3.8) is 0 Å². The van der Waals surface area contributed by atoms with Crippen LogP contribution in [0.25, 0.3) is 54.9 Å². The molecule has 0 radical (unpaired) electrons. The molecule has 1 aliphatic carbocycles. The molecule has 1 aliphatic heterocycles. The normalized spacial score (nSPS) is 15.4. The number of allylic oxidation sites excluding steroid dienone is 2. The largest absolute Gasteiger partial charge is 0.333 e. The van der Waals surface area contributed by atoms with E-state index in [1.807, 2.05) is 0 Å². The van der Waals surface area contributed by atoms with E-state index < -0.39 is 0 Å². The first-order valence-electron chi connectivity index (χ1n) is 20.2. The zero-order valence-corrected chi connectivity index (χ0v) is 32.0. The van der Waals surface area contributed by atoms with Crippen LogP contribution < -0.4 is 9.80 Å². The highest BCUT2D eigenvalue weighted by atomic mass is 15.2. The minimum absolute atomic E-state index is 0.289. The Balaban J connectivity index is 0.987. The monoisotopic (exact) mass is 740 g/mol. The number of rotatable bonds is 7. The van der Waals surface area contributed by atoms with Gasteiger partial charge in [-0.2, -0.15) is 0 Å². The van der Waals surface area contributed by atoms with Crippen LogP contribution in [0.1, 0.15) is 11.5 Å². The Morgan fingerprint density at radius 2 is 1.05 bits per heavy atom. The maximum Gasteiger partial charge on any atom is 0.0629 e. The highest BCUT2D eigenvalue weighted by Gasteiger charge is 2.36. The van der Waals surface area contributed by atoms with Crippen molar-refractivity contribution in [3.05, 3.63) is 236 Å². The van der Waals surface area contributed by atoms with Gasteiger partial charge in [0.1, 0.15) is 0 Å². The van der Waals surface area contributed by atoms with E-state index in [4.69, 9.17) is 0 Å². The maximum absolute atomic E-state index is 2.49. The lowest BCUT2D eigenvalue weighted by Gasteiger charge is -2.29. The molecule has 274 valence electrons. The molecule has 2 heteroatoms. The Bertz CT molecular complexity index is 3010. The van der Waals surface area contributed by atoms with Gasteiger partial charge in [-0.25, -0.2) is 0 Å². The lowest BCUT2D eigenvalue weighted by molar-refractivity contribution is 0.745. The van der Waals surface area contributed by atoms with E-state index in [2.05, 4.69) is 240 Å². The van der Waals surface area contributed by atoms with Crippen molar-refractivity contribution in [1.82, 2.24) is 0 Å². The third-order valence-electron chi connectivity index (χ3n) is 12.0. The minimum atomic E-state index is 0.289. The number of nitrogens with zero attached hydrogens (tertiary/aromatic N) is 2. The van der Waals surface area contributed by atoms with Gasteiger partial charge in [-0.1, -0.05) is 176 Å². The third-order valence-corrected chi connectivity index (χ3v) is 12.0. The number of fused-ring (bicyclic) bond motifs is 5. The molecule has 0 fully saturated rings. The summed E-state index contributed by atoms with van der Waals surface area (Å²) in [5, 5.41) is 4.92. The molecule has 0 saturated heterocycles. The highest BCUT2D eigenvalue weighted by molar-refractivity contribution is 6.07. The average molecular weight is 741 g/mol. The molecule has 9 aromatic rings. The summed E-state index contributed by atoms with van der Waals surface area (Å²) in [4.78, 5) is 4.91. The summed E-state index contributed by atoms with van der Waals surface area (Å²) in [6.45, 7) is 0. The summed E-state index contributed by atoms with van der Waals surface area (Å²) in [6, 6.07) is 75.7. The smallest absolute Gasteiger partial charge is 0.0629 e. The van der Waals surface area contributed by atoms with Crippen LogP contribution in [0.2, 0.25) is 0 Å². The van der Waals surface area contributed by atoms with Gasteiger partial charge in [-0.15, -0.1) is 0 Å². The number of para-hydroxylation sites is 1. The molecular weight excluding hydrogens is 701 g/mol. The summed E-state index contributed by atoms with van der Waals surface area (Å²) in [6.07, 6.45) is 9.03. The maximum atomic E-state index is 2.49. The molecule has 58 heavy (non-hydrogen) atoms. The van der Waals surface area contributed by atoms with Gasteiger partial charge in [-0.05, 0) is 110 Å². The summed E-state index contributed by atoms with van der Waals surface area (Å²) in [5.74, 6) is 0.372. The first kappa shape index (κ1) is 33.9. The second-order valence-electron chi connectivity index (χ2n) is 15.3. The number of benzene rings is 9. The number of anilines is 5. The summed E-state index contributed by atoms with van der Waals surface area (Å²) >= 11 is 0. The fraction of sp³-hybridized carbons (Fsp3) is 0.0357. The first-order valence-corrected chi connectivity index (χ1v) is 20.2. The SMILES string of the molecule is C1=CC2c3ccccc3N(c3ccc(-c4ccc(N(c5cccc(-c6ccccc6)c5)c5ccc(-c6ccc7ccccc7c6)c6ccccc56)cc4)cc3)C2C=C1. The van der Waals surface area contributed by atoms with Crippen LogP contribution in [0.15, 0.2) is 231 Å². The van der Waals surface area contributed by atoms with Crippen molar-refractivity contribution < 1.29 is 0 Å². The second kappa shape index (κ2) is 14.3. The van der Waals surface area contributed by atoms with Gasteiger partial charge in [0, 0.05) is 34.1 Å². The molecule has 2 nitrogen and oxygen atoms in total. The predicted octanol–water partition coefficient (Wildman–Crippen LogP) is 15.2. The van der Waals surface area contributed by atoms with Crippen LogP contribution in [-0.2, 0) is 0 Å². The topological polar surface area (TPSA) is 6.48 Å². The lowest BCUT2D eigenvalue weighted by Crippen LogP contribution is -2.28. The van der Waals surface area contributed by atoms with Crippen LogP contribution in [0, 0.1) is 0 Å². The molecule has 0 bridgehead atoms. The molecule has 0 saturated carbocycles. The Kier molecular flexibility index (Phi) is 8.33. The van der Waals surface area contributed by atoms with Crippen molar-refractivity contribution in [1.29, 1.82) is 0 Å².